The standard InChI is InChI=1S/C14H11Br2N3O4/c1-19-4-2-3-8(14(19)23)13(22)18-17-6-7-5-9(15)12(21)10(16)11(7)20/h2-6,20-21H,1H3,(H,18,22)/b17-6-. The molecule has 0 spiro atoms. The van der Waals surface area contributed by atoms with Gasteiger partial charge in [0, 0.05) is 18.8 Å². The van der Waals surface area contributed by atoms with E-state index in [-0.39, 0.29) is 27.1 Å². The number of halogens is 2. The van der Waals surface area contributed by atoms with Crippen LogP contribution in [0.3, 0.4) is 0 Å². The number of amides is 1. The Bertz CT molecular complexity index is 862. The maximum absolute atomic E-state index is 11.9. The number of hydrogen-bond donors (Lipinski definition) is 3. The van der Waals surface area contributed by atoms with Gasteiger partial charge in [0.25, 0.3) is 11.5 Å². The number of hydrazone groups is 1. The highest BCUT2D eigenvalue weighted by molar-refractivity contribution is 9.11. The molecule has 0 bridgehead atoms. The Morgan fingerprint density at radius 1 is 1.35 bits per heavy atom. The minimum absolute atomic E-state index is 0.0514. The number of phenols is 2. The molecule has 0 fully saturated rings. The normalized spacial score (nSPS) is 10.9. The molecule has 120 valence electrons. The number of rotatable bonds is 3. The van der Waals surface area contributed by atoms with Crippen LogP contribution in [0.2, 0.25) is 0 Å². The van der Waals surface area contributed by atoms with Crippen LogP contribution in [0.25, 0.3) is 0 Å². The lowest BCUT2D eigenvalue weighted by atomic mass is 10.2. The summed E-state index contributed by atoms with van der Waals surface area (Å²) >= 11 is 6.15. The van der Waals surface area contributed by atoms with Gasteiger partial charge in [-0.1, -0.05) is 0 Å². The van der Waals surface area contributed by atoms with Crippen molar-refractivity contribution in [1.82, 2.24) is 9.99 Å². The van der Waals surface area contributed by atoms with E-state index in [9.17, 15) is 19.8 Å². The van der Waals surface area contributed by atoms with E-state index in [2.05, 4.69) is 42.4 Å². The number of phenolic OH excluding ortho intramolecular Hbond substituents is 2. The molecule has 0 atom stereocenters. The number of nitrogens with zero attached hydrogens (tertiary/aromatic N) is 2. The molecule has 9 heteroatoms. The second-order valence-electron chi connectivity index (χ2n) is 4.50. The molecule has 0 radical (unpaired) electrons. The lowest BCUT2D eigenvalue weighted by Crippen LogP contribution is -2.29. The van der Waals surface area contributed by atoms with Crippen LogP contribution in [0, 0.1) is 0 Å². The monoisotopic (exact) mass is 443 g/mol. The molecular weight excluding hydrogens is 434 g/mol. The summed E-state index contributed by atoms with van der Waals surface area (Å²) in [6.45, 7) is 0. The smallest absolute Gasteiger partial charge is 0.276 e. The second-order valence-corrected chi connectivity index (χ2v) is 6.14. The summed E-state index contributed by atoms with van der Waals surface area (Å²) in [4.78, 5) is 23.7. The average molecular weight is 445 g/mol. The van der Waals surface area contributed by atoms with E-state index in [1.165, 1.54) is 36.2 Å². The van der Waals surface area contributed by atoms with Gasteiger partial charge in [-0.2, -0.15) is 5.10 Å². The van der Waals surface area contributed by atoms with Crippen molar-refractivity contribution in [2.45, 2.75) is 0 Å². The molecule has 0 saturated heterocycles. The fourth-order valence-electron chi connectivity index (χ4n) is 1.71. The van der Waals surface area contributed by atoms with Crippen molar-refractivity contribution in [3.63, 3.8) is 0 Å². The fraction of sp³-hybridized carbons (Fsp3) is 0.0714. The van der Waals surface area contributed by atoms with Crippen LogP contribution < -0.4 is 11.0 Å². The number of hydrogen-bond acceptors (Lipinski definition) is 5. The lowest BCUT2D eigenvalue weighted by Gasteiger charge is -2.06. The van der Waals surface area contributed by atoms with Gasteiger partial charge >= 0.3 is 0 Å². The van der Waals surface area contributed by atoms with Gasteiger partial charge in [0.05, 0.1) is 10.7 Å². The molecule has 0 unspecified atom stereocenters. The molecule has 1 aromatic carbocycles. The fourth-order valence-corrected chi connectivity index (χ4v) is 2.86. The number of carbonyl (C=O) groups excluding carboxylic acids is 1. The Morgan fingerprint density at radius 2 is 2.04 bits per heavy atom. The third-order valence-electron chi connectivity index (χ3n) is 2.94. The highest BCUT2D eigenvalue weighted by atomic mass is 79.9. The Balaban J connectivity index is 2.21. The first-order valence-electron chi connectivity index (χ1n) is 6.22. The van der Waals surface area contributed by atoms with Gasteiger partial charge < -0.3 is 14.8 Å². The molecule has 3 N–H and O–H groups in total. The summed E-state index contributed by atoms with van der Waals surface area (Å²) < 4.78 is 1.71. The lowest BCUT2D eigenvalue weighted by molar-refractivity contribution is 0.0953. The molecule has 1 aromatic heterocycles. The highest BCUT2D eigenvalue weighted by Crippen LogP contribution is 2.40. The molecule has 1 amide bonds. The molecule has 2 aromatic rings. The van der Waals surface area contributed by atoms with Gasteiger partial charge in [-0.05, 0) is 50.1 Å². The zero-order valence-corrected chi connectivity index (χ0v) is 14.9. The maximum atomic E-state index is 11.9. The molecule has 7 nitrogen and oxygen atoms in total. The Labute approximate surface area is 147 Å². The zero-order chi connectivity index (χ0) is 17.1. The number of benzene rings is 1. The van der Waals surface area contributed by atoms with E-state index in [0.29, 0.717) is 4.47 Å². The van der Waals surface area contributed by atoms with Crippen LogP contribution in [-0.2, 0) is 7.05 Å². The van der Waals surface area contributed by atoms with Crippen LogP contribution >= 0.6 is 31.9 Å². The van der Waals surface area contributed by atoms with Gasteiger partial charge in [-0.25, -0.2) is 5.43 Å². The summed E-state index contributed by atoms with van der Waals surface area (Å²) in [5.74, 6) is -1.06. The van der Waals surface area contributed by atoms with E-state index in [0.717, 1.165) is 0 Å². The van der Waals surface area contributed by atoms with Crippen molar-refractivity contribution >= 4 is 44.0 Å². The van der Waals surface area contributed by atoms with Gasteiger partial charge in [-0.3, -0.25) is 9.59 Å². The Morgan fingerprint density at radius 3 is 2.74 bits per heavy atom. The number of nitrogens with one attached hydrogen (secondary N) is 1. The van der Waals surface area contributed by atoms with E-state index in [4.69, 9.17) is 0 Å². The summed E-state index contributed by atoms with van der Waals surface area (Å²) in [6, 6.07) is 4.38. The van der Waals surface area contributed by atoms with Crippen LogP contribution in [0.4, 0.5) is 0 Å². The van der Waals surface area contributed by atoms with Crippen molar-refractivity contribution < 1.29 is 15.0 Å². The Hall–Kier alpha value is -2.13. The second kappa shape index (κ2) is 6.97. The van der Waals surface area contributed by atoms with Crippen molar-refractivity contribution in [3.05, 3.63) is 54.8 Å². The third kappa shape index (κ3) is 3.62. The summed E-state index contributed by atoms with van der Waals surface area (Å²) in [5.41, 5.74) is 1.96. The number of aromatic nitrogens is 1. The first-order valence-corrected chi connectivity index (χ1v) is 7.80. The average Bonchev–Trinajstić information content (AvgIpc) is 2.52. The van der Waals surface area contributed by atoms with E-state index in [1.54, 1.807) is 6.07 Å². The molecule has 1 heterocycles. The Kier molecular flexibility index (Phi) is 5.22. The SMILES string of the molecule is Cn1cccc(C(=O)N/N=C\c2cc(Br)c(O)c(Br)c2O)c1=O. The quantitative estimate of drug-likeness (QED) is 0.498. The number of aromatic hydroxyl groups is 2. The number of pyridine rings is 1. The number of carbonyl (C=O) groups is 1. The number of aryl methyl sites for hydroxylation is 1. The topological polar surface area (TPSA) is 104 Å². The van der Waals surface area contributed by atoms with Crippen molar-refractivity contribution in [2.24, 2.45) is 12.1 Å². The third-order valence-corrected chi connectivity index (χ3v) is 4.29. The summed E-state index contributed by atoms with van der Waals surface area (Å²) in [7, 11) is 1.53. The van der Waals surface area contributed by atoms with E-state index >= 15 is 0 Å². The van der Waals surface area contributed by atoms with Crippen LogP contribution in [0.5, 0.6) is 11.5 Å². The highest BCUT2D eigenvalue weighted by Gasteiger charge is 2.13. The predicted molar refractivity (Wildman–Crippen MR) is 91.9 cm³/mol. The summed E-state index contributed by atoms with van der Waals surface area (Å²) in [6.07, 6.45) is 2.72. The molecule has 0 aliphatic rings. The van der Waals surface area contributed by atoms with Gasteiger partial charge in [0.2, 0.25) is 0 Å². The molecule has 2 rings (SSSR count). The minimum Gasteiger partial charge on any atom is -0.506 e. The predicted octanol–water partition coefficient (Wildman–Crippen LogP) is 2.09. The maximum Gasteiger partial charge on any atom is 0.276 e. The molecule has 0 aliphatic carbocycles. The van der Waals surface area contributed by atoms with Crippen molar-refractivity contribution in [1.29, 1.82) is 0 Å². The minimum atomic E-state index is -0.668. The van der Waals surface area contributed by atoms with E-state index < -0.39 is 11.5 Å². The largest absolute Gasteiger partial charge is 0.506 e. The van der Waals surface area contributed by atoms with Crippen molar-refractivity contribution in [3.8, 4) is 11.5 Å². The first kappa shape index (κ1) is 17.2. The molecule has 23 heavy (non-hydrogen) atoms. The van der Waals surface area contributed by atoms with E-state index in [1.807, 2.05) is 0 Å². The van der Waals surface area contributed by atoms with Crippen LogP contribution in [0.15, 0.2) is 43.2 Å². The van der Waals surface area contributed by atoms with Crippen LogP contribution in [0.1, 0.15) is 15.9 Å². The molecular formula is C14H11Br2N3O4. The van der Waals surface area contributed by atoms with Gasteiger partial charge in [0.1, 0.15) is 21.5 Å². The zero-order valence-electron chi connectivity index (χ0n) is 11.7. The first-order chi connectivity index (χ1) is 10.8. The molecule has 0 aliphatic heterocycles. The van der Waals surface area contributed by atoms with Gasteiger partial charge in [0.15, 0.2) is 0 Å². The van der Waals surface area contributed by atoms with Crippen molar-refractivity contribution in [2.75, 3.05) is 0 Å². The van der Waals surface area contributed by atoms with Crippen LogP contribution in [-0.4, -0.2) is 26.9 Å². The molecule has 0 saturated carbocycles. The van der Waals surface area contributed by atoms with Gasteiger partial charge in [-0.15, -0.1) is 0 Å². The summed E-state index contributed by atoms with van der Waals surface area (Å²) in [5, 5.41) is 23.2.